The summed E-state index contributed by atoms with van der Waals surface area (Å²) in [5, 5.41) is 15.2. The van der Waals surface area contributed by atoms with Gasteiger partial charge < -0.3 is 9.84 Å². The zero-order valence-electron chi connectivity index (χ0n) is 4.43. The Morgan fingerprint density at radius 1 is 1.86 bits per heavy atom. The van der Waals surface area contributed by atoms with Crippen molar-refractivity contribution < 1.29 is 9.84 Å². The maximum Gasteiger partial charge on any atom is 0.209 e. The summed E-state index contributed by atoms with van der Waals surface area (Å²) >= 11 is 0. The van der Waals surface area contributed by atoms with Crippen LogP contribution in [-0.2, 0) is 4.74 Å². The lowest BCUT2D eigenvalue weighted by Crippen LogP contribution is -2.16. The van der Waals surface area contributed by atoms with Crippen molar-refractivity contribution in [3.63, 3.8) is 0 Å². The molecule has 2 N–H and O–H groups in total. The van der Waals surface area contributed by atoms with Crippen molar-refractivity contribution >= 4 is 5.90 Å². The standard InChI is InChI=1S/C4H9NO2/c1-3(6)4(5)7-2/h3,5-6H,1-2H3. The number of hydrogen-bond donors (Lipinski definition) is 2. The lowest BCUT2D eigenvalue weighted by molar-refractivity contribution is 0.218. The Labute approximate surface area is 42.4 Å². The molecule has 1 atom stereocenters. The molecule has 42 valence electrons. The van der Waals surface area contributed by atoms with Crippen molar-refractivity contribution in [3.8, 4) is 0 Å². The van der Waals surface area contributed by atoms with Crippen LogP contribution in [0.2, 0.25) is 0 Å². The van der Waals surface area contributed by atoms with E-state index in [1.807, 2.05) is 0 Å². The Balaban J connectivity index is 3.35. The Bertz CT molecular complexity index is 70.1. The first-order valence-electron chi connectivity index (χ1n) is 1.99. The summed E-state index contributed by atoms with van der Waals surface area (Å²) in [7, 11) is 1.36. The Morgan fingerprint density at radius 3 is 2.29 bits per heavy atom. The van der Waals surface area contributed by atoms with Gasteiger partial charge in [-0.1, -0.05) is 0 Å². The van der Waals surface area contributed by atoms with E-state index in [4.69, 9.17) is 10.5 Å². The number of aliphatic hydroxyl groups excluding tert-OH is 1. The topological polar surface area (TPSA) is 53.3 Å². The molecule has 1 unspecified atom stereocenters. The van der Waals surface area contributed by atoms with Crippen LogP contribution in [0.5, 0.6) is 0 Å². The fraction of sp³-hybridized carbons (Fsp3) is 0.750. The zero-order valence-corrected chi connectivity index (χ0v) is 4.43. The molecule has 0 aromatic rings. The van der Waals surface area contributed by atoms with Gasteiger partial charge in [-0.15, -0.1) is 0 Å². The molecule has 0 bridgehead atoms. The summed E-state index contributed by atoms with van der Waals surface area (Å²) < 4.78 is 4.34. The summed E-state index contributed by atoms with van der Waals surface area (Å²) in [5.74, 6) is -0.0972. The average Bonchev–Trinajstić information content (AvgIpc) is 1.65. The molecule has 3 heteroatoms. The number of rotatable bonds is 1. The molecule has 0 rings (SSSR count). The second kappa shape index (κ2) is 2.58. The van der Waals surface area contributed by atoms with Crippen LogP contribution in [0.3, 0.4) is 0 Å². The van der Waals surface area contributed by atoms with Crippen LogP contribution in [0, 0.1) is 5.41 Å². The normalized spacial score (nSPS) is 13.0. The van der Waals surface area contributed by atoms with Crippen LogP contribution >= 0.6 is 0 Å². The number of methoxy groups -OCH3 is 1. The first-order chi connectivity index (χ1) is 3.18. The maximum absolute atomic E-state index is 8.47. The first-order valence-corrected chi connectivity index (χ1v) is 1.99. The minimum atomic E-state index is -0.773. The second-order valence-corrected chi connectivity index (χ2v) is 1.24. The molecule has 0 saturated heterocycles. The molecule has 0 aliphatic carbocycles. The van der Waals surface area contributed by atoms with Gasteiger partial charge in [0.2, 0.25) is 5.90 Å². The number of hydrogen-bond acceptors (Lipinski definition) is 3. The van der Waals surface area contributed by atoms with E-state index in [0.29, 0.717) is 0 Å². The third-order valence-corrected chi connectivity index (χ3v) is 0.599. The number of aliphatic hydroxyl groups is 1. The molecule has 3 nitrogen and oxygen atoms in total. The lowest BCUT2D eigenvalue weighted by atomic mass is 10.4. The highest BCUT2D eigenvalue weighted by Crippen LogP contribution is 1.81. The molecule has 0 saturated carbocycles. The monoisotopic (exact) mass is 103 g/mol. The van der Waals surface area contributed by atoms with Crippen molar-refractivity contribution in [1.82, 2.24) is 0 Å². The predicted molar refractivity (Wildman–Crippen MR) is 26.4 cm³/mol. The van der Waals surface area contributed by atoms with Gasteiger partial charge in [-0.2, -0.15) is 0 Å². The van der Waals surface area contributed by atoms with E-state index in [1.165, 1.54) is 14.0 Å². The van der Waals surface area contributed by atoms with Gasteiger partial charge in [-0.25, -0.2) is 0 Å². The molecule has 0 spiro atoms. The van der Waals surface area contributed by atoms with Crippen LogP contribution in [0.4, 0.5) is 0 Å². The molecule has 0 aromatic carbocycles. The predicted octanol–water partition coefficient (Wildman–Crippen LogP) is -0.00913. The summed E-state index contributed by atoms with van der Waals surface area (Å²) in [4.78, 5) is 0. The number of nitrogens with one attached hydrogen (secondary N) is 1. The highest BCUT2D eigenvalue weighted by Gasteiger charge is 2.00. The smallest absolute Gasteiger partial charge is 0.209 e. The first kappa shape index (κ1) is 6.43. The van der Waals surface area contributed by atoms with Crippen molar-refractivity contribution in [3.05, 3.63) is 0 Å². The van der Waals surface area contributed by atoms with Crippen LogP contribution in [0.15, 0.2) is 0 Å². The molecule has 0 aliphatic rings. The largest absolute Gasteiger partial charge is 0.483 e. The molecule has 0 heterocycles. The van der Waals surface area contributed by atoms with Crippen LogP contribution in [-0.4, -0.2) is 24.2 Å². The molecular weight excluding hydrogens is 94.0 g/mol. The van der Waals surface area contributed by atoms with E-state index in [2.05, 4.69) is 4.74 Å². The third kappa shape index (κ3) is 2.17. The van der Waals surface area contributed by atoms with Crippen LogP contribution < -0.4 is 0 Å². The summed E-state index contributed by atoms with van der Waals surface area (Å²) in [6, 6.07) is 0. The van der Waals surface area contributed by atoms with Gasteiger partial charge in [0.05, 0.1) is 7.11 Å². The summed E-state index contributed by atoms with van der Waals surface area (Å²) in [5.41, 5.74) is 0. The SMILES string of the molecule is COC(=N)C(C)O. The van der Waals surface area contributed by atoms with Gasteiger partial charge >= 0.3 is 0 Å². The van der Waals surface area contributed by atoms with Crippen LogP contribution in [0.1, 0.15) is 6.92 Å². The zero-order chi connectivity index (χ0) is 5.86. The molecule has 0 amide bonds. The highest BCUT2D eigenvalue weighted by molar-refractivity contribution is 5.76. The summed E-state index contributed by atoms with van der Waals surface area (Å²) in [6.07, 6.45) is -0.773. The van der Waals surface area contributed by atoms with Crippen LogP contribution in [0.25, 0.3) is 0 Å². The van der Waals surface area contributed by atoms with E-state index < -0.39 is 6.10 Å². The molecule has 0 aromatic heterocycles. The number of ether oxygens (including phenoxy) is 1. The average molecular weight is 103 g/mol. The van der Waals surface area contributed by atoms with E-state index in [9.17, 15) is 0 Å². The van der Waals surface area contributed by atoms with Crippen molar-refractivity contribution in [2.45, 2.75) is 13.0 Å². The summed E-state index contributed by atoms with van der Waals surface area (Å²) in [6.45, 7) is 1.48. The van der Waals surface area contributed by atoms with Crippen molar-refractivity contribution in [2.75, 3.05) is 7.11 Å². The lowest BCUT2D eigenvalue weighted by Gasteiger charge is -2.01. The Morgan fingerprint density at radius 2 is 2.29 bits per heavy atom. The van der Waals surface area contributed by atoms with Crippen molar-refractivity contribution in [2.24, 2.45) is 0 Å². The van der Waals surface area contributed by atoms with Crippen molar-refractivity contribution in [1.29, 1.82) is 5.41 Å². The molecule has 0 fully saturated rings. The highest BCUT2D eigenvalue weighted by atomic mass is 16.5. The third-order valence-electron chi connectivity index (χ3n) is 0.599. The molecule has 7 heavy (non-hydrogen) atoms. The minimum Gasteiger partial charge on any atom is -0.483 e. The van der Waals surface area contributed by atoms with Gasteiger partial charge in [0.1, 0.15) is 6.10 Å². The van der Waals surface area contributed by atoms with Gasteiger partial charge in [0.25, 0.3) is 0 Å². The fourth-order valence-electron chi connectivity index (χ4n) is 0.171. The fourth-order valence-corrected chi connectivity index (χ4v) is 0.171. The van der Waals surface area contributed by atoms with Gasteiger partial charge in [0, 0.05) is 0 Å². The van der Waals surface area contributed by atoms with E-state index in [0.717, 1.165) is 0 Å². The maximum atomic E-state index is 8.47. The van der Waals surface area contributed by atoms with Gasteiger partial charge in [-0.3, -0.25) is 5.41 Å². The molecule has 0 radical (unpaired) electrons. The Kier molecular flexibility index (Phi) is 2.37. The minimum absolute atomic E-state index is 0.0972. The molecule has 0 aliphatic heterocycles. The van der Waals surface area contributed by atoms with E-state index in [1.54, 1.807) is 0 Å². The molecular formula is C4H9NO2. The van der Waals surface area contributed by atoms with E-state index >= 15 is 0 Å². The second-order valence-electron chi connectivity index (χ2n) is 1.24. The van der Waals surface area contributed by atoms with Gasteiger partial charge in [-0.05, 0) is 6.92 Å². The van der Waals surface area contributed by atoms with E-state index in [-0.39, 0.29) is 5.90 Å². The Hall–Kier alpha value is -0.570. The quantitative estimate of drug-likeness (QED) is 0.362. The van der Waals surface area contributed by atoms with Gasteiger partial charge in [0.15, 0.2) is 0 Å².